The molecule has 0 spiro atoms. The Labute approximate surface area is 145 Å². The Morgan fingerprint density at radius 3 is 2.52 bits per heavy atom. The topological polar surface area (TPSA) is 38.9 Å². The first-order chi connectivity index (χ1) is 12.2. The van der Waals surface area contributed by atoms with Crippen LogP contribution in [0.4, 0.5) is 4.39 Å². The molecule has 0 saturated heterocycles. The van der Waals surface area contributed by atoms with E-state index in [9.17, 15) is 4.39 Å². The van der Waals surface area contributed by atoms with Gasteiger partial charge in [-0.2, -0.15) is 0 Å². The first-order valence-electron chi connectivity index (χ1n) is 8.27. The molecule has 4 aromatic rings. The van der Waals surface area contributed by atoms with Crippen molar-refractivity contribution < 1.29 is 8.81 Å². The van der Waals surface area contributed by atoms with E-state index in [1.807, 2.05) is 56.3 Å². The molecule has 2 aromatic carbocycles. The monoisotopic (exact) mass is 332 g/mol. The van der Waals surface area contributed by atoms with Gasteiger partial charge in [0.25, 0.3) is 0 Å². The van der Waals surface area contributed by atoms with E-state index in [2.05, 4.69) is 9.97 Å². The predicted molar refractivity (Wildman–Crippen MR) is 96.7 cm³/mol. The third-order valence-corrected chi connectivity index (χ3v) is 4.44. The predicted octanol–water partition coefficient (Wildman–Crippen LogP) is 5.57. The lowest BCUT2D eigenvalue weighted by Crippen LogP contribution is -1.91. The molecule has 4 rings (SSSR count). The molecule has 124 valence electrons. The summed E-state index contributed by atoms with van der Waals surface area (Å²) in [4.78, 5) is 8.55. The van der Waals surface area contributed by atoms with Crippen LogP contribution in [0.2, 0.25) is 0 Å². The molecule has 0 aliphatic carbocycles. The highest BCUT2D eigenvalue weighted by molar-refractivity contribution is 6.01. The highest BCUT2D eigenvalue weighted by Crippen LogP contribution is 2.41. The average Bonchev–Trinajstić information content (AvgIpc) is 3.03. The summed E-state index contributed by atoms with van der Waals surface area (Å²) in [6.45, 7) is 3.85. The second-order valence-electron chi connectivity index (χ2n) is 5.97. The number of fused-ring (bicyclic) bond motifs is 1. The minimum absolute atomic E-state index is 0.206. The molecule has 0 bridgehead atoms. The van der Waals surface area contributed by atoms with Crippen LogP contribution in [0.15, 0.2) is 59.3 Å². The standard InChI is InChI=1S/C21H17FN2O/c1-3-14-9-10-16(11-17(14)22)19-18-13(2)23-12-24-21(18)25-20(19)15-7-5-4-6-8-15/h4-12H,3H2,1-2H3. The highest BCUT2D eigenvalue weighted by Gasteiger charge is 2.21. The quantitative estimate of drug-likeness (QED) is 0.492. The van der Waals surface area contributed by atoms with Crippen molar-refractivity contribution in [3.05, 3.63) is 71.9 Å². The molecular weight excluding hydrogens is 315 g/mol. The van der Waals surface area contributed by atoms with Crippen molar-refractivity contribution >= 4 is 11.1 Å². The molecule has 2 heterocycles. The number of nitrogens with zero attached hydrogens (tertiary/aromatic N) is 2. The van der Waals surface area contributed by atoms with Crippen molar-refractivity contribution in [2.45, 2.75) is 20.3 Å². The van der Waals surface area contributed by atoms with Crippen LogP contribution in [0.5, 0.6) is 0 Å². The fourth-order valence-corrected chi connectivity index (χ4v) is 3.14. The van der Waals surface area contributed by atoms with Crippen molar-refractivity contribution in [3.8, 4) is 22.5 Å². The molecule has 2 aromatic heterocycles. The van der Waals surface area contributed by atoms with Gasteiger partial charge >= 0.3 is 0 Å². The minimum atomic E-state index is -0.206. The SMILES string of the molecule is CCc1ccc(-c2c(-c3ccccc3)oc3ncnc(C)c23)cc1F. The van der Waals surface area contributed by atoms with Crippen LogP contribution in [0.3, 0.4) is 0 Å². The van der Waals surface area contributed by atoms with Crippen LogP contribution >= 0.6 is 0 Å². The summed E-state index contributed by atoms with van der Waals surface area (Å²) >= 11 is 0. The maximum Gasteiger partial charge on any atom is 0.230 e. The van der Waals surface area contributed by atoms with E-state index in [0.29, 0.717) is 23.5 Å². The van der Waals surface area contributed by atoms with Gasteiger partial charge in [0.1, 0.15) is 17.9 Å². The lowest BCUT2D eigenvalue weighted by atomic mass is 9.97. The third-order valence-electron chi connectivity index (χ3n) is 4.44. The lowest BCUT2D eigenvalue weighted by Gasteiger charge is -2.07. The van der Waals surface area contributed by atoms with Crippen LogP contribution in [0, 0.1) is 12.7 Å². The summed E-state index contributed by atoms with van der Waals surface area (Å²) in [6.07, 6.45) is 2.15. The maximum absolute atomic E-state index is 14.4. The number of aryl methyl sites for hydroxylation is 2. The summed E-state index contributed by atoms with van der Waals surface area (Å²) in [5.74, 6) is 0.478. The summed E-state index contributed by atoms with van der Waals surface area (Å²) in [5, 5.41) is 0.824. The number of benzene rings is 2. The molecule has 4 heteroatoms. The zero-order chi connectivity index (χ0) is 17.4. The largest absolute Gasteiger partial charge is 0.437 e. The normalized spacial score (nSPS) is 11.2. The van der Waals surface area contributed by atoms with Crippen molar-refractivity contribution in [1.82, 2.24) is 9.97 Å². The molecule has 3 nitrogen and oxygen atoms in total. The van der Waals surface area contributed by atoms with Crippen molar-refractivity contribution in [1.29, 1.82) is 0 Å². The van der Waals surface area contributed by atoms with Gasteiger partial charge < -0.3 is 4.42 Å². The molecular formula is C21H17FN2O. The van der Waals surface area contributed by atoms with Gasteiger partial charge in [0.15, 0.2) is 0 Å². The number of hydrogen-bond acceptors (Lipinski definition) is 3. The molecule has 0 atom stereocenters. The van der Waals surface area contributed by atoms with Crippen molar-refractivity contribution in [3.63, 3.8) is 0 Å². The Kier molecular flexibility index (Phi) is 3.80. The zero-order valence-electron chi connectivity index (χ0n) is 14.1. The zero-order valence-corrected chi connectivity index (χ0v) is 14.1. The van der Waals surface area contributed by atoms with Crippen LogP contribution in [-0.4, -0.2) is 9.97 Å². The Bertz CT molecular complexity index is 1050. The fourth-order valence-electron chi connectivity index (χ4n) is 3.14. The molecule has 0 aliphatic heterocycles. The molecule has 0 fully saturated rings. The van der Waals surface area contributed by atoms with Crippen molar-refractivity contribution in [2.75, 3.05) is 0 Å². The Balaban J connectivity index is 2.06. The molecule has 0 amide bonds. The first-order valence-corrected chi connectivity index (χ1v) is 8.27. The number of hydrogen-bond donors (Lipinski definition) is 0. The number of halogens is 1. The summed E-state index contributed by atoms with van der Waals surface area (Å²) in [5.41, 5.74) is 4.55. The molecule has 0 aliphatic rings. The van der Waals surface area contributed by atoms with Gasteiger partial charge in [-0.25, -0.2) is 14.4 Å². The highest BCUT2D eigenvalue weighted by atomic mass is 19.1. The van der Waals surface area contributed by atoms with E-state index >= 15 is 0 Å². The second kappa shape index (κ2) is 6.13. The third kappa shape index (κ3) is 2.60. The Morgan fingerprint density at radius 2 is 1.80 bits per heavy atom. The summed E-state index contributed by atoms with van der Waals surface area (Å²) in [6, 6.07) is 15.1. The van der Waals surface area contributed by atoms with Gasteiger partial charge in [-0.1, -0.05) is 49.4 Å². The molecule has 25 heavy (non-hydrogen) atoms. The van der Waals surface area contributed by atoms with E-state index < -0.39 is 0 Å². The van der Waals surface area contributed by atoms with E-state index in [0.717, 1.165) is 27.8 Å². The van der Waals surface area contributed by atoms with Gasteiger partial charge in [0.2, 0.25) is 5.71 Å². The van der Waals surface area contributed by atoms with Gasteiger partial charge in [0, 0.05) is 11.1 Å². The smallest absolute Gasteiger partial charge is 0.230 e. The van der Waals surface area contributed by atoms with Crippen LogP contribution in [-0.2, 0) is 6.42 Å². The molecule has 0 radical (unpaired) electrons. The Hall–Kier alpha value is -3.01. The van der Waals surface area contributed by atoms with Gasteiger partial charge in [-0.15, -0.1) is 0 Å². The van der Waals surface area contributed by atoms with E-state index in [1.54, 1.807) is 6.07 Å². The van der Waals surface area contributed by atoms with Crippen LogP contribution < -0.4 is 0 Å². The van der Waals surface area contributed by atoms with E-state index in [4.69, 9.17) is 4.42 Å². The lowest BCUT2D eigenvalue weighted by molar-refractivity contribution is 0.612. The summed E-state index contributed by atoms with van der Waals surface area (Å²) < 4.78 is 20.5. The Morgan fingerprint density at radius 1 is 1.00 bits per heavy atom. The number of aromatic nitrogens is 2. The molecule has 0 unspecified atom stereocenters. The average molecular weight is 332 g/mol. The number of furan rings is 1. The van der Waals surface area contributed by atoms with Crippen molar-refractivity contribution in [2.24, 2.45) is 0 Å². The fraction of sp³-hybridized carbons (Fsp3) is 0.143. The van der Waals surface area contributed by atoms with Crippen LogP contribution in [0.1, 0.15) is 18.2 Å². The van der Waals surface area contributed by atoms with E-state index in [1.165, 1.54) is 6.33 Å². The molecule has 0 N–H and O–H groups in total. The van der Waals surface area contributed by atoms with Gasteiger partial charge in [-0.3, -0.25) is 0 Å². The molecule has 0 saturated carbocycles. The van der Waals surface area contributed by atoms with Gasteiger partial charge in [-0.05, 0) is 30.5 Å². The van der Waals surface area contributed by atoms with Crippen LogP contribution in [0.25, 0.3) is 33.6 Å². The minimum Gasteiger partial charge on any atom is -0.437 e. The van der Waals surface area contributed by atoms with Gasteiger partial charge in [0.05, 0.1) is 11.1 Å². The van der Waals surface area contributed by atoms with E-state index in [-0.39, 0.29) is 5.82 Å². The maximum atomic E-state index is 14.4. The first kappa shape index (κ1) is 15.5. The summed E-state index contributed by atoms with van der Waals surface area (Å²) in [7, 11) is 0. The number of rotatable bonds is 3. The second-order valence-corrected chi connectivity index (χ2v) is 5.97.